The van der Waals surface area contributed by atoms with Gasteiger partial charge in [0.05, 0.1) is 30.0 Å². The fourth-order valence-electron chi connectivity index (χ4n) is 3.32. The SMILES string of the molecule is CCCCN1CCn2nc(CNc3nc(C)cc(C)c3C#N)cc2C1. The molecule has 0 aliphatic carbocycles. The van der Waals surface area contributed by atoms with Gasteiger partial charge in [-0.25, -0.2) is 4.98 Å². The number of hydrogen-bond acceptors (Lipinski definition) is 5. The quantitative estimate of drug-likeness (QED) is 0.877. The van der Waals surface area contributed by atoms with E-state index in [1.54, 1.807) is 0 Å². The van der Waals surface area contributed by atoms with Crippen molar-refractivity contribution in [2.45, 2.75) is 53.2 Å². The predicted molar refractivity (Wildman–Crippen MR) is 98.2 cm³/mol. The molecule has 2 aromatic heterocycles. The third-order valence-corrected chi connectivity index (χ3v) is 4.65. The fraction of sp³-hybridized carbons (Fsp3) is 0.526. The first-order valence-electron chi connectivity index (χ1n) is 9.01. The number of pyridine rings is 1. The number of hydrogen-bond donors (Lipinski definition) is 1. The van der Waals surface area contributed by atoms with Crippen molar-refractivity contribution in [1.29, 1.82) is 5.26 Å². The average Bonchev–Trinajstić information content (AvgIpc) is 2.99. The number of aryl methyl sites for hydroxylation is 2. The van der Waals surface area contributed by atoms with Gasteiger partial charge in [0.2, 0.25) is 0 Å². The molecule has 1 aliphatic heterocycles. The average molecular weight is 338 g/mol. The van der Waals surface area contributed by atoms with Crippen LogP contribution in [-0.4, -0.2) is 32.8 Å². The largest absolute Gasteiger partial charge is 0.363 e. The van der Waals surface area contributed by atoms with E-state index in [4.69, 9.17) is 5.10 Å². The van der Waals surface area contributed by atoms with Gasteiger partial charge in [-0.2, -0.15) is 10.4 Å². The molecule has 0 unspecified atom stereocenters. The molecule has 2 aromatic rings. The van der Waals surface area contributed by atoms with E-state index in [1.807, 2.05) is 19.9 Å². The topological polar surface area (TPSA) is 69.8 Å². The Morgan fingerprint density at radius 3 is 2.88 bits per heavy atom. The molecule has 0 amide bonds. The fourth-order valence-corrected chi connectivity index (χ4v) is 3.32. The van der Waals surface area contributed by atoms with E-state index < -0.39 is 0 Å². The summed E-state index contributed by atoms with van der Waals surface area (Å²) in [5, 5.41) is 17.4. The zero-order valence-corrected chi connectivity index (χ0v) is 15.3. The zero-order chi connectivity index (χ0) is 17.8. The van der Waals surface area contributed by atoms with Gasteiger partial charge in [0, 0.05) is 18.8 Å². The van der Waals surface area contributed by atoms with Crippen LogP contribution in [0.1, 0.15) is 48.0 Å². The highest BCUT2D eigenvalue weighted by molar-refractivity contribution is 5.56. The van der Waals surface area contributed by atoms with Crippen LogP contribution in [0.15, 0.2) is 12.1 Å². The lowest BCUT2D eigenvalue weighted by molar-refractivity contribution is 0.210. The van der Waals surface area contributed by atoms with E-state index in [1.165, 1.54) is 18.5 Å². The van der Waals surface area contributed by atoms with Crippen molar-refractivity contribution in [2.75, 3.05) is 18.4 Å². The van der Waals surface area contributed by atoms with Gasteiger partial charge in [-0.15, -0.1) is 0 Å². The van der Waals surface area contributed by atoms with E-state index in [-0.39, 0.29) is 0 Å². The second-order valence-corrected chi connectivity index (χ2v) is 6.75. The molecule has 1 aliphatic rings. The summed E-state index contributed by atoms with van der Waals surface area (Å²) in [7, 11) is 0. The standard InChI is InChI=1S/C19H26N6/c1-4-5-6-24-7-8-25-17(13-24)10-16(23-25)12-21-19-18(11-20)14(2)9-15(3)22-19/h9-10H,4-8,12-13H2,1-3H3,(H,21,22). The normalized spacial score (nSPS) is 14.2. The Bertz CT molecular complexity index is 786. The van der Waals surface area contributed by atoms with Gasteiger partial charge in [0.15, 0.2) is 0 Å². The van der Waals surface area contributed by atoms with Gasteiger partial charge in [-0.3, -0.25) is 9.58 Å². The molecular weight excluding hydrogens is 312 g/mol. The molecule has 3 rings (SSSR count). The monoisotopic (exact) mass is 338 g/mol. The number of rotatable bonds is 6. The number of unbranched alkanes of at least 4 members (excludes halogenated alkanes) is 1. The zero-order valence-electron chi connectivity index (χ0n) is 15.3. The molecule has 0 spiro atoms. The molecule has 0 radical (unpaired) electrons. The number of aromatic nitrogens is 3. The van der Waals surface area contributed by atoms with Crippen LogP contribution in [-0.2, 0) is 19.6 Å². The van der Waals surface area contributed by atoms with Crippen molar-refractivity contribution in [3.05, 3.63) is 40.3 Å². The molecule has 0 saturated heterocycles. The summed E-state index contributed by atoms with van der Waals surface area (Å²) in [4.78, 5) is 6.97. The Balaban J connectivity index is 1.68. The molecule has 0 aromatic carbocycles. The smallest absolute Gasteiger partial charge is 0.144 e. The van der Waals surface area contributed by atoms with Gasteiger partial charge in [0.25, 0.3) is 0 Å². The van der Waals surface area contributed by atoms with Gasteiger partial charge in [-0.05, 0) is 44.5 Å². The van der Waals surface area contributed by atoms with Gasteiger partial charge in [0.1, 0.15) is 11.9 Å². The molecule has 0 fully saturated rings. The third-order valence-electron chi connectivity index (χ3n) is 4.65. The molecule has 0 bridgehead atoms. The highest BCUT2D eigenvalue weighted by Gasteiger charge is 2.18. The van der Waals surface area contributed by atoms with E-state index in [9.17, 15) is 5.26 Å². The van der Waals surface area contributed by atoms with Crippen LogP contribution in [0.5, 0.6) is 0 Å². The summed E-state index contributed by atoms with van der Waals surface area (Å²) >= 11 is 0. The highest BCUT2D eigenvalue weighted by atomic mass is 15.3. The molecule has 25 heavy (non-hydrogen) atoms. The van der Waals surface area contributed by atoms with Crippen LogP contribution in [0.3, 0.4) is 0 Å². The minimum absolute atomic E-state index is 0.583. The lowest BCUT2D eigenvalue weighted by atomic mass is 10.1. The lowest BCUT2D eigenvalue weighted by Gasteiger charge is -2.27. The summed E-state index contributed by atoms with van der Waals surface area (Å²) < 4.78 is 2.11. The van der Waals surface area contributed by atoms with Crippen molar-refractivity contribution < 1.29 is 0 Å². The van der Waals surface area contributed by atoms with Crippen LogP contribution in [0.25, 0.3) is 0 Å². The maximum absolute atomic E-state index is 9.36. The summed E-state index contributed by atoms with van der Waals surface area (Å²) in [5.74, 6) is 0.649. The van der Waals surface area contributed by atoms with Crippen LogP contribution < -0.4 is 5.32 Å². The Hall–Kier alpha value is -2.39. The van der Waals surface area contributed by atoms with Crippen molar-refractivity contribution in [3.63, 3.8) is 0 Å². The molecule has 132 valence electrons. The summed E-state index contributed by atoms with van der Waals surface area (Å²) in [6.07, 6.45) is 2.48. The van der Waals surface area contributed by atoms with Crippen molar-refractivity contribution >= 4 is 5.82 Å². The molecule has 6 nitrogen and oxygen atoms in total. The van der Waals surface area contributed by atoms with Crippen LogP contribution in [0, 0.1) is 25.2 Å². The van der Waals surface area contributed by atoms with E-state index >= 15 is 0 Å². The summed E-state index contributed by atoms with van der Waals surface area (Å²) in [6.45, 7) is 10.8. The van der Waals surface area contributed by atoms with Crippen molar-refractivity contribution in [2.24, 2.45) is 0 Å². The number of nitriles is 1. The first-order chi connectivity index (χ1) is 12.1. The minimum atomic E-state index is 0.583. The minimum Gasteiger partial charge on any atom is -0.363 e. The first-order valence-corrected chi connectivity index (χ1v) is 9.01. The maximum Gasteiger partial charge on any atom is 0.144 e. The Morgan fingerprint density at radius 1 is 1.28 bits per heavy atom. The second kappa shape index (κ2) is 7.66. The van der Waals surface area contributed by atoms with Gasteiger partial charge >= 0.3 is 0 Å². The molecular formula is C19H26N6. The van der Waals surface area contributed by atoms with Gasteiger partial charge in [-0.1, -0.05) is 13.3 Å². The highest BCUT2D eigenvalue weighted by Crippen LogP contribution is 2.19. The van der Waals surface area contributed by atoms with Gasteiger partial charge < -0.3 is 5.32 Å². The predicted octanol–water partition coefficient (Wildman–Crippen LogP) is 2.99. The first kappa shape index (κ1) is 17.4. The summed E-state index contributed by atoms with van der Waals surface area (Å²) in [6, 6.07) is 6.35. The Labute approximate surface area is 149 Å². The van der Waals surface area contributed by atoms with Crippen molar-refractivity contribution in [1.82, 2.24) is 19.7 Å². The van der Waals surface area contributed by atoms with Crippen molar-refractivity contribution in [3.8, 4) is 6.07 Å². The summed E-state index contributed by atoms with van der Waals surface area (Å²) in [5.41, 5.74) is 4.74. The molecule has 3 heterocycles. The number of nitrogens with one attached hydrogen (secondary N) is 1. The molecule has 6 heteroatoms. The van der Waals surface area contributed by atoms with E-state index in [0.29, 0.717) is 17.9 Å². The number of fused-ring (bicyclic) bond motifs is 1. The van der Waals surface area contributed by atoms with Crippen LogP contribution in [0.2, 0.25) is 0 Å². The van der Waals surface area contributed by atoms with Crippen LogP contribution in [0.4, 0.5) is 5.82 Å². The third kappa shape index (κ3) is 3.99. The van der Waals surface area contributed by atoms with Crippen LogP contribution >= 0.6 is 0 Å². The van der Waals surface area contributed by atoms with E-state index in [0.717, 1.165) is 43.1 Å². The molecule has 1 N–H and O–H groups in total. The number of anilines is 1. The molecule has 0 saturated carbocycles. The number of nitrogens with zero attached hydrogens (tertiary/aromatic N) is 5. The van der Waals surface area contributed by atoms with E-state index in [2.05, 4.69) is 38.9 Å². The lowest BCUT2D eigenvalue weighted by Crippen LogP contribution is -2.34. The Morgan fingerprint density at radius 2 is 2.12 bits per heavy atom. The second-order valence-electron chi connectivity index (χ2n) is 6.75. The maximum atomic E-state index is 9.36. The molecule has 0 atom stereocenters. The Kier molecular flexibility index (Phi) is 5.34.